The molecule has 1 unspecified atom stereocenters. The number of carbonyl (C=O) groups is 2. The van der Waals surface area contributed by atoms with Crippen LogP contribution in [-0.4, -0.2) is 67.9 Å². The number of halogens is 2. The molecule has 1 atom stereocenters. The normalized spacial score (nSPS) is 16.8. The number of hydrogen-bond donors (Lipinski definition) is 0. The van der Waals surface area contributed by atoms with E-state index in [0.717, 1.165) is 80.0 Å². The van der Waals surface area contributed by atoms with Crippen molar-refractivity contribution in [2.24, 2.45) is 5.92 Å². The van der Waals surface area contributed by atoms with Gasteiger partial charge in [-0.15, -0.1) is 0 Å². The Labute approximate surface area is 245 Å². The van der Waals surface area contributed by atoms with Crippen molar-refractivity contribution in [2.45, 2.75) is 45.8 Å². The Bertz CT molecular complexity index is 1160. The summed E-state index contributed by atoms with van der Waals surface area (Å²) in [7, 11) is 0. The molecule has 0 saturated carbocycles. The molecule has 0 aromatic heterocycles. The Morgan fingerprint density at radius 3 is 2.51 bits per heavy atom. The number of amides is 1. The summed E-state index contributed by atoms with van der Waals surface area (Å²) in [6.45, 7) is 9.32. The summed E-state index contributed by atoms with van der Waals surface area (Å²) in [5.74, 6) is 0.633. The van der Waals surface area contributed by atoms with E-state index >= 15 is 0 Å². The number of fused-ring (bicyclic) bond motifs is 1. The van der Waals surface area contributed by atoms with Gasteiger partial charge in [0.05, 0.1) is 28.0 Å². The fourth-order valence-electron chi connectivity index (χ4n) is 5.05. The number of piperazine rings is 1. The monoisotopic (exact) mass is 593 g/mol. The Kier molecular flexibility index (Phi) is 10.7. The van der Waals surface area contributed by atoms with Crippen molar-refractivity contribution in [2.75, 3.05) is 55.4 Å². The summed E-state index contributed by atoms with van der Waals surface area (Å²) in [6.07, 6.45) is 4.06. The minimum Gasteiger partial charge on any atom is -0.494 e. The highest BCUT2D eigenvalue weighted by molar-refractivity contribution is 8.12. The molecule has 212 valence electrons. The molecule has 7 nitrogen and oxygen atoms in total. The summed E-state index contributed by atoms with van der Waals surface area (Å²) in [5, 5.41) is 0.824. The number of unbranched alkanes of at least 4 members (excludes halogenated alkanes) is 1. The molecule has 4 rings (SSSR count). The van der Waals surface area contributed by atoms with Gasteiger partial charge in [-0.1, -0.05) is 49.2 Å². The number of hydrogen-bond acceptors (Lipinski definition) is 7. The Morgan fingerprint density at radius 2 is 1.79 bits per heavy atom. The number of nitrogens with zero attached hydrogens (tertiary/aromatic N) is 3. The van der Waals surface area contributed by atoms with Crippen molar-refractivity contribution < 1.29 is 19.1 Å². The fraction of sp³-hybridized carbons (Fsp3) is 0.517. The van der Waals surface area contributed by atoms with Gasteiger partial charge in [0, 0.05) is 44.6 Å². The first-order chi connectivity index (χ1) is 18.8. The van der Waals surface area contributed by atoms with Crippen LogP contribution in [0.1, 0.15) is 38.7 Å². The molecule has 2 aromatic rings. The maximum Gasteiger partial charge on any atom is 0.368 e. The van der Waals surface area contributed by atoms with Crippen LogP contribution in [0.3, 0.4) is 0 Å². The number of anilines is 2. The van der Waals surface area contributed by atoms with Crippen molar-refractivity contribution in [1.82, 2.24) is 4.90 Å². The SMILES string of the molecule is CSC(=O)OC(C(C)C)N1C(=O)CCc2ccc(OCCCCN3CCN(c4cccc(Cl)c4Cl)CC3)cc21. The Hall–Kier alpha value is -2.13. The quantitative estimate of drug-likeness (QED) is 0.223. The van der Waals surface area contributed by atoms with E-state index in [-0.39, 0.29) is 11.8 Å². The maximum atomic E-state index is 12.9. The molecule has 0 spiro atoms. The molecule has 39 heavy (non-hydrogen) atoms. The number of ether oxygens (including phenoxy) is 2. The minimum absolute atomic E-state index is 0.0371. The number of carbonyl (C=O) groups excluding carboxylic acids is 2. The third kappa shape index (κ3) is 7.54. The number of benzene rings is 2. The highest BCUT2D eigenvalue weighted by Crippen LogP contribution is 2.36. The third-order valence-corrected chi connectivity index (χ3v) is 8.42. The summed E-state index contributed by atoms with van der Waals surface area (Å²) in [4.78, 5) is 31.4. The lowest BCUT2D eigenvalue weighted by Gasteiger charge is -2.37. The second-order valence-electron chi connectivity index (χ2n) is 10.2. The van der Waals surface area contributed by atoms with Crippen LogP contribution < -0.4 is 14.5 Å². The number of rotatable bonds is 10. The van der Waals surface area contributed by atoms with Gasteiger partial charge in [0.15, 0.2) is 6.23 Å². The standard InChI is InChI=1S/C29H37Cl2N3O4S/c1-20(2)28(38-29(36)39-3)34-25-19-22(11-9-21(25)10-12-26(34)35)37-18-5-4-13-32-14-16-33(17-15-32)24-8-6-7-23(30)27(24)31/h6-9,11,19-20,28H,4-5,10,12-18H2,1-3H3. The lowest BCUT2D eigenvalue weighted by Crippen LogP contribution is -2.48. The molecular weight excluding hydrogens is 557 g/mol. The first kappa shape index (κ1) is 29.8. The zero-order valence-electron chi connectivity index (χ0n) is 22.8. The number of aryl methyl sites for hydroxylation is 1. The summed E-state index contributed by atoms with van der Waals surface area (Å²) in [6, 6.07) is 11.7. The van der Waals surface area contributed by atoms with Gasteiger partial charge < -0.3 is 14.4 Å². The largest absolute Gasteiger partial charge is 0.494 e. The third-order valence-electron chi connectivity index (χ3n) is 7.18. The minimum atomic E-state index is -0.651. The van der Waals surface area contributed by atoms with Crippen LogP contribution in [0.5, 0.6) is 5.75 Å². The zero-order chi connectivity index (χ0) is 27.9. The molecule has 1 amide bonds. The van der Waals surface area contributed by atoms with E-state index in [4.69, 9.17) is 32.7 Å². The average molecular weight is 595 g/mol. The highest BCUT2D eigenvalue weighted by Gasteiger charge is 2.35. The Morgan fingerprint density at radius 1 is 1.03 bits per heavy atom. The topological polar surface area (TPSA) is 62.3 Å². The molecule has 2 aliphatic rings. The van der Waals surface area contributed by atoms with Crippen LogP contribution in [0.15, 0.2) is 36.4 Å². The van der Waals surface area contributed by atoms with E-state index in [1.165, 1.54) is 0 Å². The molecule has 2 heterocycles. The maximum absolute atomic E-state index is 12.9. The average Bonchev–Trinajstić information content (AvgIpc) is 2.93. The molecule has 0 aliphatic carbocycles. The molecule has 1 fully saturated rings. The van der Waals surface area contributed by atoms with Crippen molar-refractivity contribution in [3.63, 3.8) is 0 Å². The van der Waals surface area contributed by atoms with Gasteiger partial charge in [-0.3, -0.25) is 14.6 Å². The molecule has 10 heteroatoms. The predicted molar refractivity (Wildman–Crippen MR) is 161 cm³/mol. The zero-order valence-corrected chi connectivity index (χ0v) is 25.2. The Balaban J connectivity index is 1.26. The van der Waals surface area contributed by atoms with Crippen LogP contribution in [-0.2, 0) is 16.0 Å². The van der Waals surface area contributed by atoms with Crippen LogP contribution in [0, 0.1) is 5.92 Å². The van der Waals surface area contributed by atoms with Crippen molar-refractivity contribution >= 4 is 57.5 Å². The highest BCUT2D eigenvalue weighted by atomic mass is 35.5. The van der Waals surface area contributed by atoms with Gasteiger partial charge in [-0.05, 0) is 67.6 Å². The van der Waals surface area contributed by atoms with E-state index < -0.39 is 11.5 Å². The molecular formula is C29H37Cl2N3O4S. The van der Waals surface area contributed by atoms with E-state index in [9.17, 15) is 9.59 Å². The van der Waals surface area contributed by atoms with Crippen molar-refractivity contribution in [3.05, 3.63) is 52.0 Å². The van der Waals surface area contributed by atoms with Gasteiger partial charge in [-0.2, -0.15) is 0 Å². The van der Waals surface area contributed by atoms with E-state index in [1.807, 2.05) is 50.2 Å². The lowest BCUT2D eigenvalue weighted by atomic mass is 9.99. The smallest absolute Gasteiger partial charge is 0.368 e. The van der Waals surface area contributed by atoms with Gasteiger partial charge in [0.25, 0.3) is 0 Å². The van der Waals surface area contributed by atoms with E-state index in [1.54, 1.807) is 11.2 Å². The van der Waals surface area contributed by atoms with Gasteiger partial charge in [0.2, 0.25) is 5.91 Å². The molecule has 0 radical (unpaired) electrons. The van der Waals surface area contributed by atoms with Crippen LogP contribution in [0.4, 0.5) is 16.2 Å². The molecule has 0 N–H and O–H groups in total. The number of thioether (sulfide) groups is 1. The fourth-order valence-corrected chi connectivity index (χ4v) is 5.66. The first-order valence-electron chi connectivity index (χ1n) is 13.5. The summed E-state index contributed by atoms with van der Waals surface area (Å²) < 4.78 is 11.7. The second kappa shape index (κ2) is 14.0. The van der Waals surface area contributed by atoms with Crippen molar-refractivity contribution in [3.8, 4) is 5.75 Å². The molecule has 0 bridgehead atoms. The lowest BCUT2D eigenvalue weighted by molar-refractivity contribution is -0.121. The van der Waals surface area contributed by atoms with E-state index in [0.29, 0.717) is 29.5 Å². The molecule has 1 saturated heterocycles. The predicted octanol–water partition coefficient (Wildman–Crippen LogP) is 6.74. The molecule has 2 aromatic carbocycles. The second-order valence-corrected chi connectivity index (χ2v) is 11.7. The van der Waals surface area contributed by atoms with Gasteiger partial charge >= 0.3 is 5.30 Å². The molecule has 2 aliphatic heterocycles. The summed E-state index contributed by atoms with van der Waals surface area (Å²) in [5.41, 5.74) is 2.84. The first-order valence-corrected chi connectivity index (χ1v) is 15.5. The van der Waals surface area contributed by atoms with Crippen LogP contribution in [0.2, 0.25) is 10.0 Å². The summed E-state index contributed by atoms with van der Waals surface area (Å²) >= 11 is 13.6. The van der Waals surface area contributed by atoms with Crippen LogP contribution >= 0.6 is 35.0 Å². The van der Waals surface area contributed by atoms with Crippen molar-refractivity contribution in [1.29, 1.82) is 0 Å². The van der Waals surface area contributed by atoms with E-state index in [2.05, 4.69) is 9.80 Å². The van der Waals surface area contributed by atoms with Gasteiger partial charge in [0.1, 0.15) is 5.75 Å². The van der Waals surface area contributed by atoms with Crippen LogP contribution in [0.25, 0.3) is 0 Å². The van der Waals surface area contributed by atoms with Gasteiger partial charge in [-0.25, -0.2) is 4.79 Å².